The number of anilines is 1. The number of amides is 2. The molecular weight excluding hydrogens is 322 g/mol. The molecule has 3 rings (SSSR count). The van der Waals surface area contributed by atoms with Gasteiger partial charge in [0.1, 0.15) is 0 Å². The number of likely N-dealkylation sites (tertiary alicyclic amines) is 2. The van der Waals surface area contributed by atoms with Gasteiger partial charge >= 0.3 is 6.03 Å². The van der Waals surface area contributed by atoms with Crippen LogP contribution in [0.25, 0.3) is 0 Å². The third-order valence-electron chi connectivity index (χ3n) is 5.21. The van der Waals surface area contributed by atoms with E-state index in [4.69, 9.17) is 11.6 Å². The van der Waals surface area contributed by atoms with Gasteiger partial charge in [0, 0.05) is 29.8 Å². The summed E-state index contributed by atoms with van der Waals surface area (Å²) >= 11 is 5.91. The van der Waals surface area contributed by atoms with E-state index in [1.54, 1.807) is 12.1 Å². The van der Waals surface area contributed by atoms with Gasteiger partial charge in [0.05, 0.1) is 0 Å². The van der Waals surface area contributed by atoms with Gasteiger partial charge in [-0.05, 0) is 75.9 Å². The van der Waals surface area contributed by atoms with Crippen LogP contribution in [0.2, 0.25) is 5.02 Å². The normalized spacial score (nSPS) is 22.4. The van der Waals surface area contributed by atoms with Crippen LogP contribution >= 0.6 is 11.6 Å². The Kier molecular flexibility index (Phi) is 6.38. The number of benzene rings is 1. The summed E-state index contributed by atoms with van der Waals surface area (Å²) in [7, 11) is 0. The van der Waals surface area contributed by atoms with Crippen LogP contribution in [-0.4, -0.2) is 48.1 Å². The second-order valence-corrected chi connectivity index (χ2v) is 7.41. The van der Waals surface area contributed by atoms with Crippen molar-refractivity contribution in [1.82, 2.24) is 9.80 Å². The fourth-order valence-electron chi connectivity index (χ4n) is 3.81. The maximum atomic E-state index is 12.7. The molecule has 2 heterocycles. The van der Waals surface area contributed by atoms with Crippen LogP contribution in [0.4, 0.5) is 10.5 Å². The summed E-state index contributed by atoms with van der Waals surface area (Å²) in [5, 5.41) is 3.71. The molecule has 2 aliphatic rings. The molecule has 24 heavy (non-hydrogen) atoms. The Morgan fingerprint density at radius 3 is 2.50 bits per heavy atom. The first-order chi connectivity index (χ1) is 11.7. The third-order valence-corrected chi connectivity index (χ3v) is 5.46. The Morgan fingerprint density at radius 1 is 1.04 bits per heavy atom. The Bertz CT molecular complexity index is 528. The molecule has 0 spiro atoms. The van der Waals surface area contributed by atoms with Crippen LogP contribution < -0.4 is 5.32 Å². The van der Waals surface area contributed by atoms with Crippen LogP contribution in [0.1, 0.15) is 44.9 Å². The van der Waals surface area contributed by atoms with Crippen molar-refractivity contribution in [3.05, 3.63) is 29.3 Å². The van der Waals surface area contributed by atoms with E-state index >= 15 is 0 Å². The van der Waals surface area contributed by atoms with Gasteiger partial charge in [0.15, 0.2) is 0 Å². The Labute approximate surface area is 150 Å². The lowest BCUT2D eigenvalue weighted by molar-refractivity contribution is 0.140. The van der Waals surface area contributed by atoms with Crippen molar-refractivity contribution in [1.29, 1.82) is 0 Å². The second-order valence-electron chi connectivity index (χ2n) is 6.97. The molecule has 0 aromatic heterocycles. The maximum Gasteiger partial charge on any atom is 0.322 e. The Hall–Kier alpha value is -1.26. The molecule has 0 radical (unpaired) electrons. The minimum Gasteiger partial charge on any atom is -0.322 e. The zero-order valence-corrected chi connectivity index (χ0v) is 15.1. The van der Waals surface area contributed by atoms with Crippen LogP contribution in [0.3, 0.4) is 0 Å². The molecule has 0 bridgehead atoms. The third kappa shape index (κ3) is 4.87. The van der Waals surface area contributed by atoms with Crippen LogP contribution in [0.15, 0.2) is 24.3 Å². The number of carbonyl (C=O) groups is 1. The van der Waals surface area contributed by atoms with E-state index in [1.807, 2.05) is 17.0 Å². The van der Waals surface area contributed by atoms with Gasteiger partial charge in [0.2, 0.25) is 0 Å². The molecule has 1 N–H and O–H groups in total. The van der Waals surface area contributed by atoms with Gasteiger partial charge in [0.25, 0.3) is 0 Å². The zero-order valence-electron chi connectivity index (χ0n) is 14.3. The average Bonchev–Trinajstić information content (AvgIpc) is 2.63. The fourth-order valence-corrected chi connectivity index (χ4v) is 3.94. The topological polar surface area (TPSA) is 35.6 Å². The van der Waals surface area contributed by atoms with E-state index in [0.29, 0.717) is 11.1 Å². The number of nitrogens with one attached hydrogen (secondary N) is 1. The molecule has 5 heteroatoms. The molecule has 132 valence electrons. The first kappa shape index (κ1) is 17.6. The van der Waals surface area contributed by atoms with Crippen molar-refractivity contribution in [3.8, 4) is 0 Å². The molecular formula is C19H28ClN3O. The van der Waals surface area contributed by atoms with Crippen molar-refractivity contribution in [3.63, 3.8) is 0 Å². The number of carbonyl (C=O) groups excluding carboxylic acids is 1. The Morgan fingerprint density at radius 2 is 1.75 bits per heavy atom. The van der Waals surface area contributed by atoms with E-state index in [1.165, 1.54) is 38.8 Å². The van der Waals surface area contributed by atoms with Crippen LogP contribution in [0.5, 0.6) is 0 Å². The number of piperidine rings is 2. The number of urea groups is 1. The molecule has 0 aliphatic carbocycles. The Balaban J connectivity index is 1.54. The first-order valence-electron chi connectivity index (χ1n) is 9.28. The van der Waals surface area contributed by atoms with Gasteiger partial charge in [-0.25, -0.2) is 4.79 Å². The summed E-state index contributed by atoms with van der Waals surface area (Å²) in [4.78, 5) is 17.3. The minimum atomic E-state index is 0.0284. The molecule has 2 aliphatic heterocycles. The number of nitrogens with zero attached hydrogens (tertiary/aromatic N) is 2. The predicted molar refractivity (Wildman–Crippen MR) is 99.7 cm³/mol. The van der Waals surface area contributed by atoms with E-state index in [9.17, 15) is 4.79 Å². The highest BCUT2D eigenvalue weighted by Gasteiger charge is 2.27. The molecule has 0 saturated carbocycles. The highest BCUT2D eigenvalue weighted by Crippen LogP contribution is 2.22. The van der Waals surface area contributed by atoms with E-state index in [-0.39, 0.29) is 6.03 Å². The van der Waals surface area contributed by atoms with Crippen molar-refractivity contribution in [2.45, 2.75) is 51.0 Å². The number of hydrogen-bond acceptors (Lipinski definition) is 2. The molecule has 1 atom stereocenters. The lowest BCUT2D eigenvalue weighted by atomic mass is 9.99. The minimum absolute atomic E-state index is 0.0284. The first-order valence-corrected chi connectivity index (χ1v) is 9.66. The quantitative estimate of drug-likeness (QED) is 0.862. The number of halogens is 1. The van der Waals surface area contributed by atoms with E-state index < -0.39 is 0 Å². The summed E-state index contributed by atoms with van der Waals surface area (Å²) < 4.78 is 0. The van der Waals surface area contributed by atoms with Gasteiger partial charge in [-0.1, -0.05) is 18.0 Å². The standard InChI is InChI=1S/C19H28ClN3O/c20-16-7-9-17(10-8-16)21-19(24)23-14-5-2-6-18(23)11-15-22-12-3-1-4-13-22/h7-10,18H,1-6,11-15H2,(H,21,24). The summed E-state index contributed by atoms with van der Waals surface area (Å²) in [6, 6.07) is 7.72. The van der Waals surface area contributed by atoms with Gasteiger partial charge in [-0.2, -0.15) is 0 Å². The monoisotopic (exact) mass is 349 g/mol. The molecule has 2 amide bonds. The smallest absolute Gasteiger partial charge is 0.322 e. The second kappa shape index (κ2) is 8.72. The van der Waals surface area contributed by atoms with Crippen molar-refractivity contribution >= 4 is 23.3 Å². The van der Waals surface area contributed by atoms with Crippen molar-refractivity contribution in [2.75, 3.05) is 31.5 Å². The molecule has 1 aromatic carbocycles. The van der Waals surface area contributed by atoms with Crippen LogP contribution in [0, 0.1) is 0 Å². The summed E-state index contributed by atoms with van der Waals surface area (Å²) in [5.41, 5.74) is 0.810. The van der Waals surface area contributed by atoms with Crippen LogP contribution in [-0.2, 0) is 0 Å². The molecule has 1 aromatic rings. The lowest BCUT2D eigenvalue weighted by Gasteiger charge is -2.37. The summed E-state index contributed by atoms with van der Waals surface area (Å²) in [6.07, 6.45) is 8.58. The molecule has 1 unspecified atom stereocenters. The average molecular weight is 350 g/mol. The van der Waals surface area contributed by atoms with Crippen molar-refractivity contribution in [2.24, 2.45) is 0 Å². The lowest BCUT2D eigenvalue weighted by Crippen LogP contribution is -2.47. The zero-order chi connectivity index (χ0) is 16.8. The maximum absolute atomic E-state index is 12.7. The van der Waals surface area contributed by atoms with Gasteiger partial charge in [-0.3, -0.25) is 0 Å². The van der Waals surface area contributed by atoms with Gasteiger partial charge in [-0.15, -0.1) is 0 Å². The highest BCUT2D eigenvalue weighted by atomic mass is 35.5. The van der Waals surface area contributed by atoms with E-state index in [0.717, 1.165) is 38.0 Å². The van der Waals surface area contributed by atoms with Gasteiger partial charge < -0.3 is 15.1 Å². The SMILES string of the molecule is O=C(Nc1ccc(Cl)cc1)N1CCCCC1CCN1CCCCC1. The largest absolute Gasteiger partial charge is 0.322 e. The number of rotatable bonds is 4. The summed E-state index contributed by atoms with van der Waals surface area (Å²) in [5.74, 6) is 0. The molecule has 2 saturated heterocycles. The molecule has 4 nitrogen and oxygen atoms in total. The summed E-state index contributed by atoms with van der Waals surface area (Å²) in [6.45, 7) is 4.44. The van der Waals surface area contributed by atoms with E-state index in [2.05, 4.69) is 10.2 Å². The predicted octanol–water partition coefficient (Wildman–Crippen LogP) is 4.60. The molecule has 2 fully saturated rings. The van der Waals surface area contributed by atoms with Crippen molar-refractivity contribution < 1.29 is 4.79 Å². The number of hydrogen-bond donors (Lipinski definition) is 1. The fraction of sp³-hybridized carbons (Fsp3) is 0.632. The highest BCUT2D eigenvalue weighted by molar-refractivity contribution is 6.30.